The van der Waals surface area contributed by atoms with Crippen LogP contribution in [0.3, 0.4) is 0 Å². The summed E-state index contributed by atoms with van der Waals surface area (Å²) in [4.78, 5) is 23.9. The van der Waals surface area contributed by atoms with Crippen molar-refractivity contribution in [2.75, 3.05) is 17.3 Å². The fourth-order valence-corrected chi connectivity index (χ4v) is 5.83. The number of aromatic nitrogens is 2. The third kappa shape index (κ3) is 6.01. The number of hydrogen-bond acceptors (Lipinski definition) is 7. The number of benzene rings is 2. The molecule has 182 valence electrons. The lowest BCUT2D eigenvalue weighted by molar-refractivity contribution is -0.118. The van der Waals surface area contributed by atoms with Crippen molar-refractivity contribution in [3.63, 3.8) is 0 Å². The molecule has 0 saturated carbocycles. The third-order valence-electron chi connectivity index (χ3n) is 5.23. The van der Waals surface area contributed by atoms with Crippen LogP contribution >= 0.6 is 11.3 Å². The predicted octanol–water partition coefficient (Wildman–Crippen LogP) is 5.02. The van der Waals surface area contributed by atoms with Gasteiger partial charge in [-0.05, 0) is 61.9 Å². The van der Waals surface area contributed by atoms with Crippen molar-refractivity contribution in [2.45, 2.75) is 31.2 Å². The zero-order valence-corrected chi connectivity index (χ0v) is 20.7. The number of para-hydroxylation sites is 1. The highest BCUT2D eigenvalue weighted by atomic mass is 32.2. The summed E-state index contributed by atoms with van der Waals surface area (Å²) in [6, 6.07) is 15.8. The molecule has 0 bridgehead atoms. The van der Waals surface area contributed by atoms with Crippen molar-refractivity contribution in [3.05, 3.63) is 78.4 Å². The molecule has 0 N–H and O–H groups in total. The van der Waals surface area contributed by atoms with E-state index >= 15 is 0 Å². The summed E-state index contributed by atoms with van der Waals surface area (Å²) in [5, 5.41) is 0.490. The highest BCUT2D eigenvalue weighted by Gasteiger charge is 2.23. The normalized spacial score (nSPS) is 11.5. The lowest BCUT2D eigenvalue weighted by atomic mass is 10.2. The van der Waals surface area contributed by atoms with Crippen LogP contribution in [-0.4, -0.2) is 36.7 Å². The molecule has 0 radical (unpaired) electrons. The molecule has 35 heavy (non-hydrogen) atoms. The highest BCUT2D eigenvalue weighted by Crippen LogP contribution is 2.35. The topological polar surface area (TPSA) is 89.5 Å². The number of ether oxygens (including phenoxy) is 1. The number of sulfone groups is 1. The third-order valence-corrected chi connectivity index (χ3v) is 8.09. The zero-order valence-electron chi connectivity index (χ0n) is 19.1. The van der Waals surface area contributed by atoms with Crippen molar-refractivity contribution in [1.29, 1.82) is 0 Å². The fraction of sp³-hybridized carbons (Fsp3) is 0.240. The Hall–Kier alpha value is -3.37. The second kappa shape index (κ2) is 10.9. The van der Waals surface area contributed by atoms with Gasteiger partial charge in [-0.2, -0.15) is 0 Å². The van der Waals surface area contributed by atoms with E-state index in [1.54, 1.807) is 12.3 Å². The van der Waals surface area contributed by atoms with Gasteiger partial charge >= 0.3 is 0 Å². The summed E-state index contributed by atoms with van der Waals surface area (Å²) < 4.78 is 44.9. The second-order valence-electron chi connectivity index (χ2n) is 7.71. The number of fused-ring (bicyclic) bond motifs is 1. The molecule has 4 rings (SSSR count). The maximum Gasteiger partial charge on any atom is 0.229 e. The standard InChI is InChI=1S/C25H24FN3O4S2/c1-2-33-21-8-5-9-22-24(21)28-25(34-22)29(17-19-7-3-4-15-27-19)23(30)10-6-16-35(31,32)20-13-11-18(26)12-14-20/h3-5,7-9,11-15H,2,6,10,16-17H2,1H3. The van der Waals surface area contributed by atoms with Crippen molar-refractivity contribution in [2.24, 2.45) is 0 Å². The number of nitrogens with zero attached hydrogens (tertiary/aromatic N) is 3. The zero-order chi connectivity index (χ0) is 24.8. The van der Waals surface area contributed by atoms with Crippen LogP contribution in [0.1, 0.15) is 25.5 Å². The van der Waals surface area contributed by atoms with E-state index in [1.165, 1.54) is 28.4 Å². The van der Waals surface area contributed by atoms with E-state index in [4.69, 9.17) is 4.74 Å². The first-order chi connectivity index (χ1) is 16.9. The van der Waals surface area contributed by atoms with Gasteiger partial charge in [0.05, 0.1) is 34.2 Å². The molecule has 0 saturated heterocycles. The van der Waals surface area contributed by atoms with Crippen LogP contribution in [0.15, 0.2) is 71.8 Å². The van der Waals surface area contributed by atoms with E-state index in [1.807, 2.05) is 37.3 Å². The van der Waals surface area contributed by atoms with Gasteiger partial charge in [-0.1, -0.05) is 23.5 Å². The number of pyridine rings is 1. The van der Waals surface area contributed by atoms with E-state index in [-0.39, 0.29) is 35.9 Å². The minimum atomic E-state index is -3.63. The fourth-order valence-electron chi connectivity index (χ4n) is 3.52. The van der Waals surface area contributed by atoms with Crippen molar-refractivity contribution in [1.82, 2.24) is 9.97 Å². The van der Waals surface area contributed by atoms with Crippen LogP contribution in [0, 0.1) is 5.82 Å². The molecule has 0 aliphatic rings. The first-order valence-electron chi connectivity index (χ1n) is 11.1. The van der Waals surface area contributed by atoms with Gasteiger partial charge in [0.15, 0.2) is 15.0 Å². The molecule has 2 aromatic carbocycles. The molecule has 0 atom stereocenters. The predicted molar refractivity (Wildman–Crippen MR) is 134 cm³/mol. The van der Waals surface area contributed by atoms with Crippen LogP contribution in [-0.2, 0) is 21.2 Å². The molecular formula is C25H24FN3O4S2. The summed E-state index contributed by atoms with van der Waals surface area (Å²) in [6.07, 6.45) is 1.77. The van der Waals surface area contributed by atoms with E-state index < -0.39 is 15.7 Å². The molecule has 7 nitrogen and oxygen atoms in total. The first kappa shape index (κ1) is 24.7. The largest absolute Gasteiger partial charge is 0.492 e. The molecule has 0 unspecified atom stereocenters. The number of thiazole rings is 1. The molecule has 1 amide bonds. The Bertz CT molecular complexity index is 1410. The van der Waals surface area contributed by atoms with Gasteiger partial charge in [0.2, 0.25) is 5.91 Å². The SMILES string of the molecule is CCOc1cccc2sc(N(Cc3ccccn3)C(=O)CCCS(=O)(=O)c3ccc(F)cc3)nc12. The van der Waals surface area contributed by atoms with Crippen molar-refractivity contribution >= 4 is 42.4 Å². The van der Waals surface area contributed by atoms with Crippen molar-refractivity contribution in [3.8, 4) is 5.75 Å². The minimum absolute atomic E-state index is 0.00149. The summed E-state index contributed by atoms with van der Waals surface area (Å²) in [5.41, 5.74) is 1.36. The Morgan fingerprint density at radius 2 is 1.89 bits per heavy atom. The Labute approximate surface area is 207 Å². The number of amides is 1. The molecule has 2 heterocycles. The van der Waals surface area contributed by atoms with E-state index in [0.29, 0.717) is 28.7 Å². The van der Waals surface area contributed by atoms with E-state index in [2.05, 4.69) is 9.97 Å². The lowest BCUT2D eigenvalue weighted by Crippen LogP contribution is -2.30. The molecule has 0 aliphatic heterocycles. The number of carbonyl (C=O) groups is 1. The van der Waals surface area contributed by atoms with Gasteiger partial charge in [0.1, 0.15) is 17.1 Å². The minimum Gasteiger partial charge on any atom is -0.492 e. The van der Waals surface area contributed by atoms with Crippen LogP contribution in [0.25, 0.3) is 10.2 Å². The van der Waals surface area contributed by atoms with Gasteiger partial charge < -0.3 is 4.74 Å². The highest BCUT2D eigenvalue weighted by molar-refractivity contribution is 7.91. The van der Waals surface area contributed by atoms with Gasteiger partial charge in [-0.25, -0.2) is 17.8 Å². The molecular weight excluding hydrogens is 489 g/mol. The van der Waals surface area contributed by atoms with Crippen molar-refractivity contribution < 1.29 is 22.3 Å². The van der Waals surface area contributed by atoms with Gasteiger partial charge in [0.25, 0.3) is 0 Å². The number of hydrogen-bond donors (Lipinski definition) is 0. The number of rotatable bonds is 10. The number of anilines is 1. The first-order valence-corrected chi connectivity index (χ1v) is 13.5. The summed E-state index contributed by atoms with van der Waals surface area (Å²) >= 11 is 1.36. The van der Waals surface area contributed by atoms with Gasteiger partial charge in [-0.15, -0.1) is 0 Å². The quantitative estimate of drug-likeness (QED) is 0.277. The lowest BCUT2D eigenvalue weighted by Gasteiger charge is -2.19. The van der Waals surface area contributed by atoms with Crippen LogP contribution in [0.5, 0.6) is 5.75 Å². The molecule has 4 aromatic rings. The smallest absolute Gasteiger partial charge is 0.229 e. The van der Waals surface area contributed by atoms with E-state index in [0.717, 1.165) is 16.8 Å². The number of carbonyl (C=O) groups excluding carboxylic acids is 1. The molecule has 0 spiro atoms. The van der Waals surface area contributed by atoms with Crippen LogP contribution < -0.4 is 9.64 Å². The molecule has 0 fully saturated rings. The maximum atomic E-state index is 13.3. The number of halogens is 1. The molecule has 10 heteroatoms. The Balaban J connectivity index is 1.55. The maximum absolute atomic E-state index is 13.3. The Morgan fingerprint density at radius 3 is 2.60 bits per heavy atom. The molecule has 0 aliphatic carbocycles. The average molecular weight is 514 g/mol. The van der Waals surface area contributed by atoms with Gasteiger partial charge in [-0.3, -0.25) is 14.7 Å². The van der Waals surface area contributed by atoms with Crippen LogP contribution in [0.4, 0.5) is 9.52 Å². The van der Waals surface area contributed by atoms with Crippen LogP contribution in [0.2, 0.25) is 0 Å². The Kier molecular flexibility index (Phi) is 7.72. The Morgan fingerprint density at radius 1 is 1.09 bits per heavy atom. The van der Waals surface area contributed by atoms with E-state index in [9.17, 15) is 17.6 Å². The summed E-state index contributed by atoms with van der Waals surface area (Å²) in [5.74, 6) is -0.353. The van der Waals surface area contributed by atoms with Gasteiger partial charge in [0, 0.05) is 12.6 Å². The average Bonchev–Trinajstić information content (AvgIpc) is 3.28. The summed E-state index contributed by atoms with van der Waals surface area (Å²) in [7, 11) is -3.63. The second-order valence-corrected chi connectivity index (χ2v) is 10.8. The summed E-state index contributed by atoms with van der Waals surface area (Å²) in [6.45, 7) is 2.59. The molecule has 2 aromatic heterocycles. The monoisotopic (exact) mass is 513 g/mol.